The third kappa shape index (κ3) is 5.21. The molecule has 178 valence electrons. The summed E-state index contributed by atoms with van der Waals surface area (Å²) in [5.41, 5.74) is 3.78. The van der Waals surface area contributed by atoms with E-state index in [1.165, 1.54) is 12.8 Å². The molecular formula is C27H28N6O2. The first kappa shape index (κ1) is 22.7. The van der Waals surface area contributed by atoms with Crippen LogP contribution in [0.15, 0.2) is 54.7 Å². The highest BCUT2D eigenvalue weighted by molar-refractivity contribution is 6.07. The van der Waals surface area contributed by atoms with Gasteiger partial charge in [0.15, 0.2) is 5.84 Å². The zero-order valence-electron chi connectivity index (χ0n) is 19.5. The maximum Gasteiger partial charge on any atom is 0.260 e. The third-order valence-corrected chi connectivity index (χ3v) is 6.32. The lowest BCUT2D eigenvalue weighted by atomic mass is 10.0. The number of fused-ring (bicyclic) bond motifs is 3. The van der Waals surface area contributed by atoms with Crippen LogP contribution in [0.2, 0.25) is 0 Å². The average Bonchev–Trinajstić information content (AvgIpc) is 3.73. The van der Waals surface area contributed by atoms with E-state index in [2.05, 4.69) is 27.4 Å². The van der Waals surface area contributed by atoms with Crippen molar-refractivity contribution in [3.8, 4) is 16.9 Å². The quantitative estimate of drug-likeness (QED) is 0.367. The first-order chi connectivity index (χ1) is 17.1. The van der Waals surface area contributed by atoms with Crippen molar-refractivity contribution >= 4 is 23.9 Å². The normalized spacial score (nSPS) is 16.9. The van der Waals surface area contributed by atoms with Crippen LogP contribution >= 0.6 is 0 Å². The molecule has 3 aromatic rings. The molecule has 2 aromatic heterocycles. The standard InChI is InChI=1S/C27H28N6O2/c28-17-33-13-2-1-3-14-35-24-12-10-19(20-9-11-22(30-16-20)18-7-8-18)15-21(24)27(34)32-25-6-4-5-23(31-25)26(33)29/h4-6,9-12,15-18,28-29H,1-3,7-8,13-14H2,(H,31,32,34). The van der Waals surface area contributed by atoms with Crippen LogP contribution < -0.4 is 10.1 Å². The van der Waals surface area contributed by atoms with Crippen LogP contribution in [0, 0.1) is 10.8 Å². The second-order valence-electron chi connectivity index (χ2n) is 8.90. The van der Waals surface area contributed by atoms with E-state index in [1.54, 1.807) is 23.1 Å². The van der Waals surface area contributed by atoms with Gasteiger partial charge in [-0.1, -0.05) is 18.2 Å². The van der Waals surface area contributed by atoms with E-state index in [9.17, 15) is 4.79 Å². The predicted octanol–water partition coefficient (Wildman–Crippen LogP) is 5.07. The number of carbonyl (C=O) groups excluding carboxylic acids is 1. The number of benzene rings is 1. The van der Waals surface area contributed by atoms with E-state index in [1.807, 2.05) is 24.4 Å². The molecule has 0 atom stereocenters. The summed E-state index contributed by atoms with van der Waals surface area (Å²) in [7, 11) is 0. The molecule has 5 rings (SSSR count). The van der Waals surface area contributed by atoms with Gasteiger partial charge in [-0.3, -0.25) is 20.6 Å². The molecule has 1 aliphatic carbocycles. The minimum absolute atomic E-state index is 0.132. The van der Waals surface area contributed by atoms with Gasteiger partial charge < -0.3 is 15.0 Å². The average molecular weight is 469 g/mol. The Morgan fingerprint density at radius 2 is 1.91 bits per heavy atom. The molecule has 0 radical (unpaired) electrons. The van der Waals surface area contributed by atoms with Gasteiger partial charge >= 0.3 is 0 Å². The van der Waals surface area contributed by atoms with Gasteiger partial charge in [-0.25, -0.2) is 4.98 Å². The number of hydrogen-bond donors (Lipinski definition) is 3. The molecule has 35 heavy (non-hydrogen) atoms. The second kappa shape index (κ2) is 10.0. The van der Waals surface area contributed by atoms with Crippen LogP contribution in [0.3, 0.4) is 0 Å². The van der Waals surface area contributed by atoms with Crippen molar-refractivity contribution in [1.29, 1.82) is 10.8 Å². The molecule has 8 heteroatoms. The molecule has 0 unspecified atom stereocenters. The second-order valence-corrected chi connectivity index (χ2v) is 8.90. The van der Waals surface area contributed by atoms with Crippen LogP contribution in [0.25, 0.3) is 11.1 Å². The van der Waals surface area contributed by atoms with Gasteiger partial charge in [0.1, 0.15) is 17.3 Å². The van der Waals surface area contributed by atoms with Crippen molar-refractivity contribution in [2.24, 2.45) is 0 Å². The summed E-state index contributed by atoms with van der Waals surface area (Å²) in [6.07, 6.45) is 7.92. The predicted molar refractivity (Wildman–Crippen MR) is 136 cm³/mol. The van der Waals surface area contributed by atoms with Gasteiger partial charge in [-0.2, -0.15) is 0 Å². The van der Waals surface area contributed by atoms with Gasteiger partial charge in [-0.05, 0) is 68.0 Å². The fourth-order valence-corrected chi connectivity index (χ4v) is 4.16. The SMILES string of the molecule is N=CN1CCCCCOc2ccc(-c3ccc(C4CC4)nc3)cc2C(=O)Nc2cccc(n2)C1=N. The summed E-state index contributed by atoms with van der Waals surface area (Å²) < 4.78 is 6.02. The Balaban J connectivity index is 1.46. The van der Waals surface area contributed by atoms with Crippen molar-refractivity contribution in [3.05, 3.63) is 71.7 Å². The molecule has 2 aliphatic rings. The van der Waals surface area contributed by atoms with Crippen LogP contribution in [0.5, 0.6) is 5.75 Å². The monoisotopic (exact) mass is 468 g/mol. The van der Waals surface area contributed by atoms with Crippen LogP contribution in [0.1, 0.15) is 59.8 Å². The van der Waals surface area contributed by atoms with E-state index in [0.717, 1.165) is 42.4 Å². The zero-order valence-corrected chi connectivity index (χ0v) is 19.5. The van der Waals surface area contributed by atoms with Crippen LogP contribution in [0.4, 0.5) is 5.82 Å². The smallest absolute Gasteiger partial charge is 0.260 e. The first-order valence-corrected chi connectivity index (χ1v) is 12.0. The van der Waals surface area contributed by atoms with E-state index in [4.69, 9.17) is 15.6 Å². The lowest BCUT2D eigenvalue weighted by molar-refractivity contribution is 0.102. The lowest BCUT2D eigenvalue weighted by Gasteiger charge is -2.19. The fraction of sp³-hybridized carbons (Fsp3) is 0.296. The molecular weight excluding hydrogens is 440 g/mol. The number of carbonyl (C=O) groups is 1. The van der Waals surface area contributed by atoms with Crippen molar-refractivity contribution in [3.63, 3.8) is 0 Å². The molecule has 0 spiro atoms. The highest BCUT2D eigenvalue weighted by atomic mass is 16.5. The Labute approximate surface area is 204 Å². The number of nitrogens with zero attached hydrogens (tertiary/aromatic N) is 3. The van der Waals surface area contributed by atoms with E-state index >= 15 is 0 Å². The number of amidine groups is 1. The molecule has 1 amide bonds. The van der Waals surface area contributed by atoms with E-state index in [-0.39, 0.29) is 11.7 Å². The summed E-state index contributed by atoms with van der Waals surface area (Å²) in [4.78, 5) is 24.0. The highest BCUT2D eigenvalue weighted by Crippen LogP contribution is 2.39. The molecule has 1 saturated carbocycles. The van der Waals surface area contributed by atoms with E-state index < -0.39 is 0 Å². The number of rotatable bonds is 3. The minimum Gasteiger partial charge on any atom is -0.493 e. The van der Waals surface area contributed by atoms with Gasteiger partial charge in [0, 0.05) is 29.9 Å². The molecule has 8 nitrogen and oxygen atoms in total. The number of nitrogens with one attached hydrogen (secondary N) is 3. The van der Waals surface area contributed by atoms with Crippen molar-refractivity contribution < 1.29 is 9.53 Å². The number of pyridine rings is 2. The number of hydrogen-bond acceptors (Lipinski definition) is 6. The summed E-state index contributed by atoms with van der Waals surface area (Å²) in [6.45, 7) is 1.03. The number of anilines is 1. The summed E-state index contributed by atoms with van der Waals surface area (Å²) in [6, 6.07) is 14.9. The molecule has 1 fully saturated rings. The molecule has 1 aromatic carbocycles. The largest absolute Gasteiger partial charge is 0.493 e. The molecule has 3 N–H and O–H groups in total. The zero-order chi connectivity index (χ0) is 24.2. The Hall–Kier alpha value is -4.07. The van der Waals surface area contributed by atoms with Gasteiger partial charge in [0.05, 0.1) is 18.5 Å². The first-order valence-electron chi connectivity index (χ1n) is 12.0. The lowest BCUT2D eigenvalue weighted by Crippen LogP contribution is -2.31. The fourth-order valence-electron chi connectivity index (χ4n) is 4.16. The summed E-state index contributed by atoms with van der Waals surface area (Å²) in [5.74, 6) is 1.25. The Morgan fingerprint density at radius 3 is 2.69 bits per heavy atom. The van der Waals surface area contributed by atoms with Crippen LogP contribution in [-0.4, -0.2) is 46.1 Å². The maximum atomic E-state index is 13.3. The molecule has 3 heterocycles. The van der Waals surface area contributed by atoms with E-state index in [0.29, 0.717) is 41.9 Å². The molecule has 1 aliphatic heterocycles. The maximum absolute atomic E-state index is 13.3. The molecule has 2 bridgehead atoms. The number of aromatic nitrogens is 2. The molecule has 0 saturated heterocycles. The summed E-state index contributed by atoms with van der Waals surface area (Å²) >= 11 is 0. The van der Waals surface area contributed by atoms with Gasteiger partial charge in [0.25, 0.3) is 5.91 Å². The minimum atomic E-state index is -0.334. The Bertz CT molecular complexity index is 1250. The summed E-state index contributed by atoms with van der Waals surface area (Å²) in [5, 5.41) is 19.0. The highest BCUT2D eigenvalue weighted by Gasteiger charge is 2.24. The van der Waals surface area contributed by atoms with Crippen molar-refractivity contribution in [1.82, 2.24) is 14.9 Å². The van der Waals surface area contributed by atoms with Crippen molar-refractivity contribution in [2.75, 3.05) is 18.5 Å². The Kier molecular flexibility index (Phi) is 6.52. The van der Waals surface area contributed by atoms with Crippen LogP contribution in [-0.2, 0) is 0 Å². The topological polar surface area (TPSA) is 115 Å². The van der Waals surface area contributed by atoms with Gasteiger partial charge in [-0.15, -0.1) is 0 Å². The number of amides is 1. The number of ether oxygens (including phenoxy) is 1. The van der Waals surface area contributed by atoms with Gasteiger partial charge in [0.2, 0.25) is 0 Å². The van der Waals surface area contributed by atoms with Crippen molar-refractivity contribution in [2.45, 2.75) is 38.0 Å². The third-order valence-electron chi connectivity index (χ3n) is 6.32. The Morgan fingerprint density at radius 1 is 1.06 bits per heavy atom.